The number of halogens is 2. The summed E-state index contributed by atoms with van der Waals surface area (Å²) in [7, 11) is -10.9. The second-order valence-corrected chi connectivity index (χ2v) is 47.7. The van der Waals surface area contributed by atoms with Crippen LogP contribution in [0, 0.1) is 23.7 Å². The standard InChI is InChI=1S/C61H84FN5O14P2S.C39H66FN5O14P2S/c1-7-8-9-10-11-12-13-14-15-16-17-18-19-20-30-37-50(69)73-38-48(62)52-42(2)43(3)53(75-44(4)68)59(77-52)80-82(70,71)81-83(72,84)74-39-49-54-55(79-60(5,6)78-54)58(76-49)67-41-65-51-56(63-40-64-57(51)67)66-61(45-31-24-21-25-32-45,46-33-26-22-27-34-46)47-35-28-23-29-36-47;1-5-6-7-8-9-10-11-12-13-14-15-16-17-18-19-20-30(47)53-21-28(40)34-25(2)26(3)35(55-27(4)46)39(57-34)58-60(50,51)59-61(52,62)54-22-29-32(48)33(49)38(56-29)45-24-44-31-36(41)42-23-43-37(31)45/h21-29,31-36,40-43,48-49,52-55,58-59H,7-20,30,37-39H2,1-6H3,(H,70,71)(H,72,84)(H,63,64,66);23-26,28-29,32-35,38-39,48-49H,5-22H2,1-4H3,(H,50,51)(H,52,62)(H2,41,42,43)/t42-,43-,48-,49+,52?,53?,54-,55?,58+,59-,83?;25-,26-,28-,29+,32-,33?,34?,35?,38+,39-,61?/m00/s1. The minimum atomic E-state index is -5.48. The quantitative estimate of drug-likeness (QED) is 0.00577. The molecule has 0 bridgehead atoms. The third kappa shape index (κ3) is 34.8. The van der Waals surface area contributed by atoms with Crippen LogP contribution in [0.3, 0.4) is 0 Å². The number of imidazole rings is 2. The molecule has 814 valence electrons. The van der Waals surface area contributed by atoms with Gasteiger partial charge in [0.05, 0.1) is 38.1 Å². The summed E-state index contributed by atoms with van der Waals surface area (Å²) in [5.74, 6) is -6.09. The van der Waals surface area contributed by atoms with Crippen LogP contribution >= 0.6 is 29.1 Å². The maximum Gasteiger partial charge on any atom is 0.481 e. The number of aliphatic hydroxyl groups is 2. The Hall–Kier alpha value is -6.86. The maximum atomic E-state index is 16.1. The molecule has 24 atom stereocenters. The molecule has 0 aliphatic carbocycles. The van der Waals surface area contributed by atoms with Crippen LogP contribution < -0.4 is 11.1 Å². The molecule has 9 heterocycles. The minimum Gasteiger partial charge on any atom is -0.462 e. The van der Waals surface area contributed by atoms with E-state index < -0.39 is 213 Å². The Morgan fingerprint density at radius 1 is 0.479 bits per heavy atom. The molecule has 38 nitrogen and oxygen atoms in total. The van der Waals surface area contributed by atoms with Gasteiger partial charge in [-0.3, -0.25) is 37.4 Å². The highest BCUT2D eigenvalue weighted by Crippen LogP contribution is 2.64. The third-order valence-corrected chi connectivity index (χ3v) is 34.4. The van der Waals surface area contributed by atoms with Gasteiger partial charge in [-0.25, -0.2) is 56.4 Å². The summed E-state index contributed by atoms with van der Waals surface area (Å²) in [6.45, 7) is 4.65. The lowest BCUT2D eigenvalue weighted by Crippen LogP contribution is -2.55. The number of phosphoric ester groups is 2. The molecule has 5 saturated heterocycles. The van der Waals surface area contributed by atoms with Crippen LogP contribution in [0.25, 0.3) is 22.3 Å². The number of aliphatic hydroxyl groups excluding tert-OH is 2. The molecule has 0 amide bonds. The van der Waals surface area contributed by atoms with Gasteiger partial charge in [-0.2, -0.15) is 0 Å². The van der Waals surface area contributed by atoms with Gasteiger partial charge in [0, 0.05) is 38.5 Å². The first-order valence-electron chi connectivity index (χ1n) is 51.5. The van der Waals surface area contributed by atoms with E-state index >= 15 is 8.78 Å². The predicted octanol–water partition coefficient (Wildman–Crippen LogP) is 19.6. The Balaban J connectivity index is 0.000000291. The molecule has 0 spiro atoms. The number of nitrogens with zero attached hydrogens (tertiary/aromatic N) is 8. The Bertz CT molecular complexity index is 5300. The Morgan fingerprint density at radius 2 is 0.836 bits per heavy atom. The van der Waals surface area contributed by atoms with E-state index in [4.69, 9.17) is 113 Å². The van der Waals surface area contributed by atoms with Gasteiger partial charge >= 0.3 is 53.0 Å². The number of carbonyl (C=O) groups excluding carboxylic acids is 4. The van der Waals surface area contributed by atoms with Crippen molar-refractivity contribution in [2.24, 2.45) is 23.7 Å². The molecule has 146 heavy (non-hydrogen) atoms. The van der Waals surface area contributed by atoms with Gasteiger partial charge in [0.2, 0.25) is 12.6 Å². The molecule has 4 aromatic heterocycles. The molecule has 5 fully saturated rings. The van der Waals surface area contributed by atoms with Gasteiger partial charge in [0.15, 0.2) is 71.2 Å². The topological polar surface area (TPSA) is 497 Å². The molecule has 10 unspecified atom stereocenters. The Labute approximate surface area is 864 Å². The Kier molecular flexibility index (Phi) is 47.2. The highest BCUT2D eigenvalue weighted by Gasteiger charge is 2.58. The number of anilines is 2. The van der Waals surface area contributed by atoms with Gasteiger partial charge in [0.25, 0.3) is 0 Å². The fourth-order valence-corrected chi connectivity index (χ4v) is 25.5. The van der Waals surface area contributed by atoms with E-state index in [-0.39, 0.29) is 29.8 Å². The number of aromatic nitrogens is 8. The number of alkyl halides is 2. The van der Waals surface area contributed by atoms with Crippen molar-refractivity contribution in [2.75, 3.05) is 37.5 Å². The minimum absolute atomic E-state index is 0.0682. The monoisotopic (exact) mass is 2160 g/mol. The van der Waals surface area contributed by atoms with Crippen molar-refractivity contribution in [3.05, 3.63) is 133 Å². The number of ether oxygens (including phenoxy) is 10. The van der Waals surface area contributed by atoms with Crippen LogP contribution in [-0.2, 0) is 132 Å². The zero-order valence-corrected chi connectivity index (χ0v) is 90.4. The first-order valence-corrected chi connectivity index (χ1v) is 59.7. The molecule has 0 radical (unpaired) electrons. The van der Waals surface area contributed by atoms with Gasteiger partial charge in [0.1, 0.15) is 73.5 Å². The van der Waals surface area contributed by atoms with Crippen molar-refractivity contribution < 1.29 is 141 Å². The molecule has 0 saturated carbocycles. The van der Waals surface area contributed by atoms with Crippen LogP contribution in [-0.4, -0.2) is 211 Å². The highest BCUT2D eigenvalue weighted by atomic mass is 32.5. The van der Waals surface area contributed by atoms with E-state index in [0.717, 1.165) is 69.1 Å². The lowest BCUT2D eigenvalue weighted by atomic mass is 9.77. The van der Waals surface area contributed by atoms with E-state index in [9.17, 15) is 58.1 Å². The van der Waals surface area contributed by atoms with Crippen LogP contribution in [0.1, 0.15) is 304 Å². The number of phosphoric acid groups is 2. The average Bonchev–Trinajstić information content (AvgIpc) is 1.50. The molecule has 3 aromatic carbocycles. The second kappa shape index (κ2) is 57.7. The SMILES string of the molecule is CCCCCCCCCCCCCCCCCC(=O)OC[C@H](F)C1O[C@@H](OP(=O)(O)OP(O)(=S)OC[C@H]2O[C@@H](n3cnc4c(N)ncnc43)C(O)[C@H]2O)C(OC(C)=O)[C@@H](C)[C@@H]1C.CCCCCCCCCCCCCCCCCC(=O)OC[C@H](F)C1O[C@@H](OP(=O)(O)OP(O)(=S)OC[C@H]2O[C@@H](n3cnc4c(NC(c5ccccc5)(c5ccccc5)c5ccccc5)ncnc43)C3OC(C)(C)O[C@H]32)C(OC(C)=O)[C@@H](C)[C@@H]1C. The summed E-state index contributed by atoms with van der Waals surface area (Å²) in [4.78, 5) is 120. The number of carbonyl (C=O) groups is 4. The van der Waals surface area contributed by atoms with Crippen LogP contribution in [0.15, 0.2) is 116 Å². The number of benzene rings is 3. The first-order chi connectivity index (χ1) is 69.8. The van der Waals surface area contributed by atoms with E-state index in [2.05, 4.69) is 75.5 Å². The summed E-state index contributed by atoms with van der Waals surface area (Å²) in [6.07, 6.45) is 18.9. The summed E-state index contributed by atoms with van der Waals surface area (Å²) >= 11 is 10.2. The van der Waals surface area contributed by atoms with Crippen molar-refractivity contribution in [3.63, 3.8) is 0 Å². The number of esters is 4. The molecule has 5 aliphatic heterocycles. The first kappa shape index (κ1) is 119. The summed E-state index contributed by atoms with van der Waals surface area (Å²) in [5.41, 5.74) is 8.94. The number of nitrogens with two attached hydrogens (primary N) is 1. The number of rotatable bonds is 61. The Morgan fingerprint density at radius 3 is 1.24 bits per heavy atom. The number of hydrogen-bond donors (Lipinski definition) is 8. The van der Waals surface area contributed by atoms with Gasteiger partial charge in [-0.15, -0.1) is 0 Å². The zero-order valence-electron chi connectivity index (χ0n) is 85.2. The molecule has 12 rings (SSSR count). The predicted molar refractivity (Wildman–Crippen MR) is 546 cm³/mol. The summed E-state index contributed by atoms with van der Waals surface area (Å²) in [6, 6.07) is 30.1. The molecule has 9 N–H and O–H groups in total. The molecule has 7 aromatic rings. The zero-order chi connectivity index (χ0) is 105. The molecule has 46 heteroatoms. The number of nitrogens with one attached hydrogen (secondary N) is 1. The van der Waals surface area contributed by atoms with Crippen LogP contribution in [0.4, 0.5) is 20.4 Å². The van der Waals surface area contributed by atoms with Crippen LogP contribution in [0.5, 0.6) is 0 Å². The van der Waals surface area contributed by atoms with Crippen LogP contribution in [0.2, 0.25) is 0 Å². The fourth-order valence-electron chi connectivity index (χ4n) is 19.3. The summed E-state index contributed by atoms with van der Waals surface area (Å²) < 4.78 is 151. The molecule has 5 aliphatic rings. The highest BCUT2D eigenvalue weighted by molar-refractivity contribution is 8.08. The lowest BCUT2D eigenvalue weighted by Gasteiger charge is -2.44. The van der Waals surface area contributed by atoms with Crippen molar-refractivity contribution >= 4 is 111 Å². The maximum absolute atomic E-state index is 16.1. The van der Waals surface area contributed by atoms with Gasteiger partial charge in [-0.1, -0.05) is 312 Å². The van der Waals surface area contributed by atoms with Gasteiger partial charge in [-0.05, 0) is 78.8 Å². The fraction of sp³-hybridized carbons (Fsp3) is 0.680. The van der Waals surface area contributed by atoms with Crippen molar-refractivity contribution in [3.8, 4) is 0 Å². The van der Waals surface area contributed by atoms with Gasteiger partial charge < -0.3 is 97.3 Å². The number of nitrogen functional groups attached to an aromatic ring is 1. The lowest BCUT2D eigenvalue weighted by molar-refractivity contribution is -0.262. The van der Waals surface area contributed by atoms with E-state index in [1.54, 1.807) is 52.4 Å². The smallest absolute Gasteiger partial charge is 0.462 e. The molecular weight excluding hydrogens is 2020 g/mol. The normalized spacial score (nSPS) is 26.1. The number of hydrogen-bond acceptors (Lipinski definition) is 34. The second-order valence-electron chi connectivity index (χ2n) is 38.9. The summed E-state index contributed by atoms with van der Waals surface area (Å²) in [5, 5.41) is 25.2. The largest absolute Gasteiger partial charge is 0.481 e. The van der Waals surface area contributed by atoms with E-state index in [1.165, 1.54) is 165 Å². The molecular formula is C100H150F2N10O28P4S2. The van der Waals surface area contributed by atoms with Crippen molar-refractivity contribution in [2.45, 2.75) is 384 Å². The number of unbranched alkanes of at least 4 members (excludes halogenated alkanes) is 28. The third-order valence-electron chi connectivity index (χ3n) is 27.3. The van der Waals surface area contributed by atoms with Crippen molar-refractivity contribution in [1.82, 2.24) is 39.0 Å². The van der Waals surface area contributed by atoms with E-state index in [0.29, 0.717) is 29.8 Å². The van der Waals surface area contributed by atoms with E-state index in [1.807, 2.05) is 54.6 Å². The van der Waals surface area contributed by atoms with Crippen molar-refractivity contribution in [1.29, 1.82) is 0 Å². The average molecular weight is 2170 g/mol. The number of fused-ring (bicyclic) bond motifs is 3.